The first-order valence-electron chi connectivity index (χ1n) is 8.23. The second-order valence-electron chi connectivity index (χ2n) is 6.11. The third-order valence-corrected chi connectivity index (χ3v) is 5.60. The number of nitrogens with zero attached hydrogens (tertiary/aromatic N) is 3. The fourth-order valence-corrected chi connectivity index (χ4v) is 3.95. The number of thiazole rings is 1. The zero-order chi connectivity index (χ0) is 15.2. The van der Waals surface area contributed by atoms with E-state index in [2.05, 4.69) is 36.0 Å². The molecule has 120 valence electrons. The van der Waals surface area contributed by atoms with Gasteiger partial charge in [-0.05, 0) is 45.3 Å². The van der Waals surface area contributed by atoms with E-state index in [1.807, 2.05) is 18.4 Å². The van der Waals surface area contributed by atoms with Crippen molar-refractivity contribution in [2.75, 3.05) is 45.2 Å². The molecule has 2 rings (SSSR count). The normalized spacial score (nSPS) is 17.3. The largest absolute Gasteiger partial charge is 0.350 e. The lowest BCUT2D eigenvalue weighted by molar-refractivity contribution is 0.346. The number of hydrogen-bond acceptors (Lipinski definition) is 5. The van der Waals surface area contributed by atoms with Crippen LogP contribution >= 0.6 is 11.3 Å². The molecule has 21 heavy (non-hydrogen) atoms. The van der Waals surface area contributed by atoms with Crippen LogP contribution in [0.1, 0.15) is 49.6 Å². The van der Waals surface area contributed by atoms with Gasteiger partial charge in [-0.3, -0.25) is 0 Å². The van der Waals surface area contributed by atoms with Crippen LogP contribution in [0.2, 0.25) is 0 Å². The highest BCUT2D eigenvalue weighted by molar-refractivity contribution is 7.15. The standard InChI is InChI=1S/C16H30N4S/c1-5-13(2)15-14(12-17-3)21-16(18-15)19(4)10-11-20-8-6-7-9-20/h13,17H,5-12H2,1-4H3. The monoisotopic (exact) mass is 310 g/mol. The lowest BCUT2D eigenvalue weighted by atomic mass is 10.0. The van der Waals surface area contributed by atoms with Crippen LogP contribution in [0.25, 0.3) is 0 Å². The average molecular weight is 311 g/mol. The van der Waals surface area contributed by atoms with Crippen LogP contribution in [0.4, 0.5) is 5.13 Å². The van der Waals surface area contributed by atoms with Gasteiger partial charge in [0.1, 0.15) is 0 Å². The molecule has 2 heterocycles. The highest BCUT2D eigenvalue weighted by Gasteiger charge is 2.18. The Bertz CT molecular complexity index is 426. The summed E-state index contributed by atoms with van der Waals surface area (Å²) in [4.78, 5) is 11.2. The number of aromatic nitrogens is 1. The van der Waals surface area contributed by atoms with Crippen molar-refractivity contribution in [2.24, 2.45) is 0 Å². The summed E-state index contributed by atoms with van der Waals surface area (Å²) in [5.74, 6) is 0.547. The van der Waals surface area contributed by atoms with E-state index in [0.717, 1.165) is 26.1 Å². The summed E-state index contributed by atoms with van der Waals surface area (Å²) in [6.45, 7) is 10.2. The molecule has 0 aliphatic carbocycles. The second-order valence-corrected chi connectivity index (χ2v) is 7.18. The first kappa shape index (κ1) is 16.7. The Morgan fingerprint density at radius 1 is 1.38 bits per heavy atom. The molecule has 0 amide bonds. The third-order valence-electron chi connectivity index (χ3n) is 4.41. The highest BCUT2D eigenvalue weighted by atomic mass is 32.1. The molecule has 1 atom stereocenters. The molecule has 1 saturated heterocycles. The van der Waals surface area contributed by atoms with Crippen LogP contribution in [0, 0.1) is 0 Å². The first-order chi connectivity index (χ1) is 10.2. The van der Waals surface area contributed by atoms with Gasteiger partial charge in [-0.2, -0.15) is 0 Å². The highest BCUT2D eigenvalue weighted by Crippen LogP contribution is 2.31. The van der Waals surface area contributed by atoms with Crippen LogP contribution in [-0.2, 0) is 6.54 Å². The van der Waals surface area contributed by atoms with E-state index in [9.17, 15) is 0 Å². The summed E-state index contributed by atoms with van der Waals surface area (Å²) < 4.78 is 0. The van der Waals surface area contributed by atoms with Crippen LogP contribution in [0.5, 0.6) is 0 Å². The summed E-state index contributed by atoms with van der Waals surface area (Å²) in [6, 6.07) is 0. The quantitative estimate of drug-likeness (QED) is 0.800. The van der Waals surface area contributed by atoms with Crippen molar-refractivity contribution in [2.45, 2.75) is 45.6 Å². The van der Waals surface area contributed by atoms with Gasteiger partial charge in [0.25, 0.3) is 0 Å². The Kier molecular flexibility index (Phi) is 6.45. The predicted octanol–water partition coefficient (Wildman–Crippen LogP) is 2.91. The molecule has 1 aromatic heterocycles. The van der Waals surface area contributed by atoms with E-state index >= 15 is 0 Å². The van der Waals surface area contributed by atoms with E-state index < -0.39 is 0 Å². The second kappa shape index (κ2) is 8.11. The van der Waals surface area contributed by atoms with Crippen molar-refractivity contribution in [1.29, 1.82) is 0 Å². The predicted molar refractivity (Wildman–Crippen MR) is 92.5 cm³/mol. The van der Waals surface area contributed by atoms with Crippen molar-refractivity contribution in [1.82, 2.24) is 15.2 Å². The molecule has 1 aliphatic heterocycles. The van der Waals surface area contributed by atoms with Gasteiger partial charge in [0.15, 0.2) is 5.13 Å². The Labute approximate surface area is 133 Å². The SMILES string of the molecule is CCC(C)c1nc(N(C)CCN2CCCC2)sc1CNC. The summed E-state index contributed by atoms with van der Waals surface area (Å²) in [7, 11) is 4.19. The Morgan fingerprint density at radius 2 is 2.10 bits per heavy atom. The van der Waals surface area contributed by atoms with Crippen molar-refractivity contribution in [3.63, 3.8) is 0 Å². The molecular weight excluding hydrogens is 280 g/mol. The number of likely N-dealkylation sites (N-methyl/N-ethyl adjacent to an activating group) is 1. The topological polar surface area (TPSA) is 31.4 Å². The fraction of sp³-hybridized carbons (Fsp3) is 0.812. The first-order valence-corrected chi connectivity index (χ1v) is 9.05. The summed E-state index contributed by atoms with van der Waals surface area (Å²) in [5.41, 5.74) is 1.29. The molecular formula is C16H30N4S. The number of hydrogen-bond donors (Lipinski definition) is 1. The minimum absolute atomic E-state index is 0.547. The smallest absolute Gasteiger partial charge is 0.185 e. The molecule has 0 bridgehead atoms. The minimum atomic E-state index is 0.547. The molecule has 0 aromatic carbocycles. The van der Waals surface area contributed by atoms with E-state index in [1.165, 1.54) is 41.6 Å². The van der Waals surface area contributed by atoms with Crippen molar-refractivity contribution >= 4 is 16.5 Å². The van der Waals surface area contributed by atoms with E-state index in [-0.39, 0.29) is 0 Å². The van der Waals surface area contributed by atoms with Gasteiger partial charge in [-0.1, -0.05) is 13.8 Å². The van der Waals surface area contributed by atoms with Crippen LogP contribution < -0.4 is 10.2 Å². The van der Waals surface area contributed by atoms with Gasteiger partial charge >= 0.3 is 0 Å². The molecule has 1 N–H and O–H groups in total. The maximum atomic E-state index is 4.93. The minimum Gasteiger partial charge on any atom is -0.350 e. The molecule has 1 aliphatic rings. The summed E-state index contributed by atoms with van der Waals surface area (Å²) in [6.07, 6.45) is 3.88. The van der Waals surface area contributed by atoms with Crippen molar-refractivity contribution in [3.05, 3.63) is 10.6 Å². The third kappa shape index (κ3) is 4.41. The van der Waals surface area contributed by atoms with Gasteiger partial charge in [0.05, 0.1) is 5.69 Å². The van der Waals surface area contributed by atoms with Gasteiger partial charge in [-0.15, -0.1) is 11.3 Å². The molecule has 1 unspecified atom stereocenters. The van der Waals surface area contributed by atoms with Crippen molar-refractivity contribution < 1.29 is 0 Å². The van der Waals surface area contributed by atoms with Crippen LogP contribution in [-0.4, -0.2) is 50.2 Å². The lowest BCUT2D eigenvalue weighted by Gasteiger charge is -2.20. The Morgan fingerprint density at radius 3 is 2.71 bits per heavy atom. The van der Waals surface area contributed by atoms with Gasteiger partial charge in [-0.25, -0.2) is 4.98 Å². The zero-order valence-electron chi connectivity index (χ0n) is 14.0. The number of anilines is 1. The lowest BCUT2D eigenvalue weighted by Crippen LogP contribution is -2.31. The molecule has 0 radical (unpaired) electrons. The van der Waals surface area contributed by atoms with Crippen LogP contribution in [0.15, 0.2) is 0 Å². The van der Waals surface area contributed by atoms with E-state index in [0.29, 0.717) is 5.92 Å². The maximum absolute atomic E-state index is 4.93. The number of nitrogens with one attached hydrogen (secondary N) is 1. The number of rotatable bonds is 8. The van der Waals surface area contributed by atoms with E-state index in [4.69, 9.17) is 4.98 Å². The molecule has 1 fully saturated rings. The Hall–Kier alpha value is -0.650. The Balaban J connectivity index is 2.00. The maximum Gasteiger partial charge on any atom is 0.185 e. The summed E-state index contributed by atoms with van der Waals surface area (Å²) in [5, 5.41) is 4.45. The molecule has 5 heteroatoms. The summed E-state index contributed by atoms with van der Waals surface area (Å²) >= 11 is 1.85. The number of likely N-dealkylation sites (tertiary alicyclic amines) is 1. The van der Waals surface area contributed by atoms with Crippen molar-refractivity contribution in [3.8, 4) is 0 Å². The van der Waals surface area contributed by atoms with Gasteiger partial charge in [0, 0.05) is 31.6 Å². The van der Waals surface area contributed by atoms with E-state index in [1.54, 1.807) is 0 Å². The molecule has 0 spiro atoms. The molecule has 4 nitrogen and oxygen atoms in total. The van der Waals surface area contributed by atoms with Crippen LogP contribution in [0.3, 0.4) is 0 Å². The molecule has 1 aromatic rings. The fourth-order valence-electron chi connectivity index (χ4n) is 2.77. The van der Waals surface area contributed by atoms with Gasteiger partial charge in [0.2, 0.25) is 0 Å². The average Bonchev–Trinajstić information content (AvgIpc) is 3.14. The zero-order valence-corrected chi connectivity index (χ0v) is 14.8. The molecule has 0 saturated carbocycles. The van der Waals surface area contributed by atoms with Gasteiger partial charge < -0.3 is 15.1 Å².